The highest BCUT2D eigenvalue weighted by Gasteiger charge is 2.11. The van der Waals surface area contributed by atoms with Crippen molar-refractivity contribution < 1.29 is 13.9 Å². The van der Waals surface area contributed by atoms with Crippen LogP contribution in [0.25, 0.3) is 21.5 Å². The summed E-state index contributed by atoms with van der Waals surface area (Å²) in [7, 11) is 0. The standard InChI is InChI=1S/C24H29FO2/c1-3-5-7-8-16-26-19-10-12-20-18(17-19)9-11-22-21(20)13-14-23(24(22)25)27-15-6-4-2/h9-14,17H,3-8,15-16H2,1-2H3. The van der Waals surface area contributed by atoms with Gasteiger partial charge in [0.15, 0.2) is 11.6 Å². The molecule has 0 aliphatic rings. The van der Waals surface area contributed by atoms with Gasteiger partial charge in [0.1, 0.15) is 5.75 Å². The Kier molecular flexibility index (Phi) is 6.92. The molecule has 3 aromatic rings. The third-order valence-electron chi connectivity index (χ3n) is 4.91. The second kappa shape index (κ2) is 9.59. The van der Waals surface area contributed by atoms with Gasteiger partial charge in [-0.15, -0.1) is 0 Å². The quantitative estimate of drug-likeness (QED) is 0.277. The summed E-state index contributed by atoms with van der Waals surface area (Å²) in [5, 5.41) is 3.60. The molecule has 0 radical (unpaired) electrons. The lowest BCUT2D eigenvalue weighted by molar-refractivity contribution is 0.295. The topological polar surface area (TPSA) is 18.5 Å². The fourth-order valence-corrected chi connectivity index (χ4v) is 3.31. The van der Waals surface area contributed by atoms with Gasteiger partial charge in [-0.1, -0.05) is 57.7 Å². The van der Waals surface area contributed by atoms with Crippen molar-refractivity contribution in [3.8, 4) is 11.5 Å². The minimum absolute atomic E-state index is 0.276. The first-order valence-corrected chi connectivity index (χ1v) is 10.1. The number of benzene rings is 3. The van der Waals surface area contributed by atoms with E-state index >= 15 is 0 Å². The monoisotopic (exact) mass is 368 g/mol. The molecule has 0 saturated heterocycles. The maximum atomic E-state index is 14.8. The molecule has 0 amide bonds. The molecule has 0 N–H and O–H groups in total. The maximum absolute atomic E-state index is 14.8. The van der Waals surface area contributed by atoms with Gasteiger partial charge in [-0.3, -0.25) is 0 Å². The highest BCUT2D eigenvalue weighted by molar-refractivity contribution is 6.08. The summed E-state index contributed by atoms with van der Waals surface area (Å²) in [4.78, 5) is 0. The van der Waals surface area contributed by atoms with Gasteiger partial charge in [-0.2, -0.15) is 0 Å². The Morgan fingerprint density at radius 2 is 1.44 bits per heavy atom. The number of ether oxygens (including phenoxy) is 2. The predicted octanol–water partition coefficient (Wildman–Crippen LogP) is 7.27. The number of rotatable bonds is 10. The Hall–Kier alpha value is -2.29. The predicted molar refractivity (Wildman–Crippen MR) is 111 cm³/mol. The van der Waals surface area contributed by atoms with E-state index in [1.165, 1.54) is 19.3 Å². The van der Waals surface area contributed by atoms with Crippen molar-refractivity contribution in [2.45, 2.75) is 52.4 Å². The Bertz CT molecular complexity index is 888. The Balaban J connectivity index is 1.80. The minimum atomic E-state index is -0.276. The van der Waals surface area contributed by atoms with Crippen LogP contribution in [0.15, 0.2) is 42.5 Å². The van der Waals surface area contributed by atoms with Crippen LogP contribution in [-0.4, -0.2) is 13.2 Å². The van der Waals surface area contributed by atoms with Crippen molar-refractivity contribution in [2.75, 3.05) is 13.2 Å². The summed E-state index contributed by atoms with van der Waals surface area (Å²) in [6.07, 6.45) is 6.72. The normalized spacial score (nSPS) is 11.2. The molecule has 0 heterocycles. The van der Waals surface area contributed by atoms with Crippen LogP contribution in [0.2, 0.25) is 0 Å². The van der Waals surface area contributed by atoms with E-state index in [4.69, 9.17) is 9.47 Å². The van der Waals surface area contributed by atoms with Gasteiger partial charge in [-0.25, -0.2) is 4.39 Å². The van der Waals surface area contributed by atoms with Gasteiger partial charge in [0, 0.05) is 5.39 Å². The van der Waals surface area contributed by atoms with Crippen LogP contribution in [0, 0.1) is 5.82 Å². The molecular weight excluding hydrogens is 339 g/mol. The number of halogens is 1. The molecule has 0 spiro atoms. The van der Waals surface area contributed by atoms with Gasteiger partial charge in [0.25, 0.3) is 0 Å². The third kappa shape index (κ3) is 4.71. The number of hydrogen-bond donors (Lipinski definition) is 0. The van der Waals surface area contributed by atoms with Crippen LogP contribution in [-0.2, 0) is 0 Å². The second-order valence-electron chi connectivity index (χ2n) is 7.03. The first-order chi connectivity index (χ1) is 13.2. The van der Waals surface area contributed by atoms with Crippen LogP contribution < -0.4 is 9.47 Å². The van der Waals surface area contributed by atoms with Gasteiger partial charge >= 0.3 is 0 Å². The largest absolute Gasteiger partial charge is 0.494 e. The second-order valence-corrected chi connectivity index (χ2v) is 7.03. The SMILES string of the molecule is CCCCCCOc1ccc2c(ccc3c(F)c(OCCCC)ccc32)c1. The van der Waals surface area contributed by atoms with Gasteiger partial charge in [0.2, 0.25) is 0 Å². The van der Waals surface area contributed by atoms with Crippen LogP contribution in [0.3, 0.4) is 0 Å². The summed E-state index contributed by atoms with van der Waals surface area (Å²) >= 11 is 0. The van der Waals surface area contributed by atoms with E-state index in [-0.39, 0.29) is 5.82 Å². The molecule has 0 saturated carbocycles. The lowest BCUT2D eigenvalue weighted by Gasteiger charge is -2.12. The van der Waals surface area contributed by atoms with E-state index in [9.17, 15) is 4.39 Å². The van der Waals surface area contributed by atoms with Crippen LogP contribution in [0.4, 0.5) is 4.39 Å². The van der Waals surface area contributed by atoms with Crippen molar-refractivity contribution in [3.63, 3.8) is 0 Å². The van der Waals surface area contributed by atoms with Crippen molar-refractivity contribution in [1.82, 2.24) is 0 Å². The molecule has 2 nitrogen and oxygen atoms in total. The zero-order valence-corrected chi connectivity index (χ0v) is 16.4. The van der Waals surface area contributed by atoms with Crippen molar-refractivity contribution >= 4 is 21.5 Å². The lowest BCUT2D eigenvalue weighted by Crippen LogP contribution is -1.99. The van der Waals surface area contributed by atoms with E-state index in [2.05, 4.69) is 13.8 Å². The molecule has 3 aromatic carbocycles. The number of fused-ring (bicyclic) bond motifs is 3. The fraction of sp³-hybridized carbons (Fsp3) is 0.417. The molecule has 0 bridgehead atoms. The lowest BCUT2D eigenvalue weighted by atomic mass is 10.0. The number of unbranched alkanes of at least 4 members (excludes halogenated alkanes) is 4. The Morgan fingerprint density at radius 1 is 0.704 bits per heavy atom. The van der Waals surface area contributed by atoms with E-state index in [1.54, 1.807) is 6.07 Å². The third-order valence-corrected chi connectivity index (χ3v) is 4.91. The average Bonchev–Trinajstić information content (AvgIpc) is 2.69. The van der Waals surface area contributed by atoms with Crippen molar-refractivity contribution in [3.05, 3.63) is 48.3 Å². The summed E-state index contributed by atoms with van der Waals surface area (Å²) < 4.78 is 26.3. The highest BCUT2D eigenvalue weighted by Crippen LogP contribution is 2.33. The zero-order chi connectivity index (χ0) is 19.1. The van der Waals surface area contributed by atoms with E-state index in [0.717, 1.165) is 47.8 Å². The Labute approximate surface area is 161 Å². The molecule has 3 heteroatoms. The van der Waals surface area contributed by atoms with E-state index in [1.807, 2.05) is 36.4 Å². The Morgan fingerprint density at radius 3 is 2.26 bits per heavy atom. The molecular formula is C24H29FO2. The van der Waals surface area contributed by atoms with Gasteiger partial charge in [0.05, 0.1) is 13.2 Å². The van der Waals surface area contributed by atoms with Crippen molar-refractivity contribution in [1.29, 1.82) is 0 Å². The number of hydrogen-bond acceptors (Lipinski definition) is 2. The summed E-state index contributed by atoms with van der Waals surface area (Å²) in [5.74, 6) is 0.933. The molecule has 0 aromatic heterocycles. The van der Waals surface area contributed by atoms with E-state index < -0.39 is 0 Å². The average molecular weight is 368 g/mol. The maximum Gasteiger partial charge on any atom is 0.172 e. The van der Waals surface area contributed by atoms with Crippen LogP contribution in [0.5, 0.6) is 11.5 Å². The highest BCUT2D eigenvalue weighted by atomic mass is 19.1. The molecule has 27 heavy (non-hydrogen) atoms. The molecule has 0 aliphatic carbocycles. The van der Waals surface area contributed by atoms with Crippen molar-refractivity contribution in [2.24, 2.45) is 0 Å². The molecule has 0 aliphatic heterocycles. The zero-order valence-electron chi connectivity index (χ0n) is 16.4. The van der Waals surface area contributed by atoms with Crippen LogP contribution in [0.1, 0.15) is 52.4 Å². The first-order valence-electron chi connectivity index (χ1n) is 10.1. The minimum Gasteiger partial charge on any atom is -0.494 e. The molecule has 144 valence electrons. The van der Waals surface area contributed by atoms with Crippen LogP contribution >= 0.6 is 0 Å². The molecule has 0 unspecified atom stereocenters. The van der Waals surface area contributed by atoms with Gasteiger partial charge < -0.3 is 9.47 Å². The molecule has 0 atom stereocenters. The fourth-order valence-electron chi connectivity index (χ4n) is 3.31. The van der Waals surface area contributed by atoms with E-state index in [0.29, 0.717) is 17.7 Å². The van der Waals surface area contributed by atoms with Gasteiger partial charge in [-0.05, 0) is 53.3 Å². The summed E-state index contributed by atoms with van der Waals surface area (Å²) in [6.45, 7) is 5.59. The first kappa shape index (κ1) is 19.5. The molecule has 3 rings (SSSR count). The summed E-state index contributed by atoms with van der Waals surface area (Å²) in [5.41, 5.74) is 0. The summed E-state index contributed by atoms with van der Waals surface area (Å²) in [6, 6.07) is 13.5. The smallest absolute Gasteiger partial charge is 0.172 e. The molecule has 0 fully saturated rings.